The van der Waals surface area contributed by atoms with Crippen LogP contribution in [0.1, 0.15) is 54.0 Å². The number of rotatable bonds is 5. The number of nitriles is 1. The van der Waals surface area contributed by atoms with E-state index in [1.807, 2.05) is 26.0 Å². The Morgan fingerprint density at radius 2 is 1.97 bits per heavy atom. The number of benzene rings is 2. The Hall–Kier alpha value is -3.66. The Balaban J connectivity index is 1.79. The number of nitrogens with zero attached hydrogens (tertiary/aromatic N) is 4. The average molecular weight is 415 g/mol. The van der Waals surface area contributed by atoms with E-state index in [0.717, 1.165) is 29.7 Å². The van der Waals surface area contributed by atoms with Crippen molar-refractivity contribution in [2.24, 2.45) is 5.41 Å². The number of aryl methyl sites for hydroxylation is 1. The van der Waals surface area contributed by atoms with Gasteiger partial charge in [-0.15, -0.1) is 0 Å². The fourth-order valence-corrected chi connectivity index (χ4v) is 4.19. The van der Waals surface area contributed by atoms with Crippen LogP contribution in [-0.2, 0) is 0 Å². The molecule has 1 atom stereocenters. The summed E-state index contributed by atoms with van der Waals surface area (Å²) >= 11 is 0. The molecule has 1 aliphatic rings. The Kier molecular flexibility index (Phi) is 5.02. The van der Waals surface area contributed by atoms with Crippen LogP contribution in [-0.4, -0.2) is 34.1 Å². The van der Waals surface area contributed by atoms with Crippen LogP contribution in [0, 0.1) is 23.7 Å². The zero-order chi connectivity index (χ0) is 22.3. The van der Waals surface area contributed by atoms with Crippen molar-refractivity contribution < 1.29 is 9.90 Å². The minimum Gasteiger partial charge on any atom is -0.478 e. The summed E-state index contributed by atoms with van der Waals surface area (Å²) in [7, 11) is 0. The molecular weight excluding hydrogens is 390 g/mol. The van der Waals surface area contributed by atoms with Gasteiger partial charge in [0.25, 0.3) is 0 Å². The van der Waals surface area contributed by atoms with E-state index in [1.54, 1.807) is 24.3 Å². The lowest BCUT2D eigenvalue weighted by Crippen LogP contribution is -2.53. The average Bonchev–Trinajstić information content (AvgIpc) is 2.70. The van der Waals surface area contributed by atoms with Crippen LogP contribution in [0.3, 0.4) is 0 Å². The molecule has 1 saturated heterocycles. The summed E-state index contributed by atoms with van der Waals surface area (Å²) in [5, 5.41) is 22.5. The zero-order valence-electron chi connectivity index (χ0n) is 18.1. The van der Waals surface area contributed by atoms with E-state index in [4.69, 9.17) is 4.98 Å². The zero-order valence-corrected chi connectivity index (χ0v) is 18.1. The monoisotopic (exact) mass is 415 g/mol. The molecule has 7 nitrogen and oxygen atoms in total. The topological polar surface area (TPSA) is 102 Å². The quantitative estimate of drug-likeness (QED) is 0.631. The Labute approximate surface area is 181 Å². The molecule has 0 aliphatic carbocycles. The second kappa shape index (κ2) is 7.55. The van der Waals surface area contributed by atoms with Gasteiger partial charge in [-0.3, -0.25) is 0 Å². The minimum atomic E-state index is -0.981. The van der Waals surface area contributed by atoms with Crippen LogP contribution in [0.2, 0.25) is 0 Å². The van der Waals surface area contributed by atoms with Crippen molar-refractivity contribution in [1.29, 1.82) is 5.26 Å². The van der Waals surface area contributed by atoms with Gasteiger partial charge in [0.05, 0.1) is 22.6 Å². The molecule has 0 amide bonds. The SMILES string of the molecule is Cc1cc([C@@H](C)Nc2ccccc2C(=O)O)c2nc(N3CC(C)(C)C3)c(C#N)nc2c1. The van der Waals surface area contributed by atoms with Crippen molar-refractivity contribution >= 4 is 28.5 Å². The molecule has 0 radical (unpaired) electrons. The maximum Gasteiger partial charge on any atom is 0.337 e. The third-order valence-electron chi connectivity index (χ3n) is 5.56. The van der Waals surface area contributed by atoms with Crippen molar-refractivity contribution in [3.05, 3.63) is 58.8 Å². The summed E-state index contributed by atoms with van der Waals surface area (Å²) in [6.45, 7) is 9.96. The smallest absolute Gasteiger partial charge is 0.337 e. The standard InChI is InChI=1S/C24H25N5O2/c1-14-9-17(15(2)26-18-8-6-5-7-16(18)23(30)31)21-19(10-14)27-20(11-25)22(28-21)29-12-24(3,4)13-29/h5-10,15,26H,12-13H2,1-4H3,(H,30,31)/t15-/m1/s1. The van der Waals surface area contributed by atoms with E-state index >= 15 is 0 Å². The lowest BCUT2D eigenvalue weighted by Gasteiger charge is -2.46. The molecule has 7 heteroatoms. The van der Waals surface area contributed by atoms with E-state index in [9.17, 15) is 15.2 Å². The number of fused-ring (bicyclic) bond motifs is 1. The van der Waals surface area contributed by atoms with Gasteiger partial charge in [-0.2, -0.15) is 5.26 Å². The number of carbonyl (C=O) groups is 1. The number of para-hydroxylation sites is 1. The molecule has 0 spiro atoms. The second-order valence-corrected chi connectivity index (χ2v) is 8.97. The maximum absolute atomic E-state index is 11.6. The number of carboxylic acids is 1. The summed E-state index contributed by atoms with van der Waals surface area (Å²) in [5.74, 6) is -0.372. The number of carboxylic acid groups (broad SMARTS) is 1. The van der Waals surface area contributed by atoms with Crippen LogP contribution in [0.15, 0.2) is 36.4 Å². The summed E-state index contributed by atoms with van der Waals surface area (Å²) in [6.07, 6.45) is 0. The predicted molar refractivity (Wildman–Crippen MR) is 120 cm³/mol. The fourth-order valence-electron chi connectivity index (χ4n) is 4.19. The van der Waals surface area contributed by atoms with Crippen molar-refractivity contribution in [1.82, 2.24) is 9.97 Å². The van der Waals surface area contributed by atoms with Gasteiger partial charge in [0, 0.05) is 24.3 Å². The minimum absolute atomic E-state index is 0.189. The molecule has 2 heterocycles. The molecule has 1 aliphatic heterocycles. The number of hydrogen-bond acceptors (Lipinski definition) is 6. The number of aromatic carboxylic acids is 1. The van der Waals surface area contributed by atoms with Crippen LogP contribution in [0.5, 0.6) is 0 Å². The molecule has 158 valence electrons. The van der Waals surface area contributed by atoms with Crippen LogP contribution < -0.4 is 10.2 Å². The number of hydrogen-bond donors (Lipinski definition) is 2. The lowest BCUT2D eigenvalue weighted by atomic mass is 9.84. The van der Waals surface area contributed by atoms with Gasteiger partial charge in [0.2, 0.25) is 0 Å². The lowest BCUT2D eigenvalue weighted by molar-refractivity contribution is 0.0698. The van der Waals surface area contributed by atoms with E-state index in [0.29, 0.717) is 22.7 Å². The molecule has 3 aromatic rings. The van der Waals surface area contributed by atoms with E-state index in [2.05, 4.69) is 35.1 Å². The summed E-state index contributed by atoms with van der Waals surface area (Å²) in [5.41, 5.74) is 4.57. The highest BCUT2D eigenvalue weighted by Crippen LogP contribution is 2.36. The molecule has 1 fully saturated rings. The van der Waals surface area contributed by atoms with Crippen molar-refractivity contribution in [2.75, 3.05) is 23.3 Å². The highest BCUT2D eigenvalue weighted by atomic mass is 16.4. The summed E-state index contributed by atoms with van der Waals surface area (Å²) < 4.78 is 0. The molecular formula is C24H25N5O2. The van der Waals surface area contributed by atoms with Gasteiger partial charge in [-0.05, 0) is 43.0 Å². The first-order valence-electron chi connectivity index (χ1n) is 10.2. The maximum atomic E-state index is 11.6. The Bertz CT molecular complexity index is 1220. The van der Waals surface area contributed by atoms with E-state index in [-0.39, 0.29) is 17.0 Å². The van der Waals surface area contributed by atoms with Gasteiger partial charge in [0.1, 0.15) is 6.07 Å². The molecule has 0 saturated carbocycles. The number of anilines is 2. The van der Waals surface area contributed by atoms with Crippen LogP contribution >= 0.6 is 0 Å². The molecule has 31 heavy (non-hydrogen) atoms. The van der Waals surface area contributed by atoms with Crippen LogP contribution in [0.4, 0.5) is 11.5 Å². The van der Waals surface area contributed by atoms with Crippen LogP contribution in [0.25, 0.3) is 11.0 Å². The molecule has 1 aromatic heterocycles. The largest absolute Gasteiger partial charge is 0.478 e. The normalized spacial score (nSPS) is 15.8. The summed E-state index contributed by atoms with van der Waals surface area (Å²) in [4.78, 5) is 23.2. The number of nitrogens with one attached hydrogen (secondary N) is 1. The third kappa shape index (κ3) is 3.89. The first-order chi connectivity index (χ1) is 14.7. The molecule has 0 bridgehead atoms. The van der Waals surface area contributed by atoms with Crippen molar-refractivity contribution in [3.63, 3.8) is 0 Å². The predicted octanol–water partition coefficient (Wildman–Crippen LogP) is 4.53. The van der Waals surface area contributed by atoms with Crippen molar-refractivity contribution in [3.8, 4) is 6.07 Å². The Morgan fingerprint density at radius 1 is 1.26 bits per heavy atom. The van der Waals surface area contributed by atoms with Crippen molar-refractivity contribution in [2.45, 2.75) is 33.7 Å². The van der Waals surface area contributed by atoms with Gasteiger partial charge >= 0.3 is 5.97 Å². The van der Waals surface area contributed by atoms with Gasteiger partial charge in [0.15, 0.2) is 11.5 Å². The van der Waals surface area contributed by atoms with Gasteiger partial charge in [-0.25, -0.2) is 14.8 Å². The second-order valence-electron chi connectivity index (χ2n) is 8.97. The molecule has 0 unspecified atom stereocenters. The highest BCUT2D eigenvalue weighted by Gasteiger charge is 2.36. The van der Waals surface area contributed by atoms with Gasteiger partial charge < -0.3 is 15.3 Å². The first kappa shape index (κ1) is 20.6. The number of aromatic nitrogens is 2. The fraction of sp³-hybridized carbons (Fsp3) is 0.333. The third-order valence-corrected chi connectivity index (χ3v) is 5.56. The van der Waals surface area contributed by atoms with Gasteiger partial charge in [-0.1, -0.05) is 32.0 Å². The summed E-state index contributed by atoms with van der Waals surface area (Å²) in [6, 6.07) is 12.8. The Morgan fingerprint density at radius 3 is 2.61 bits per heavy atom. The molecule has 2 N–H and O–H groups in total. The van der Waals surface area contributed by atoms with E-state index < -0.39 is 5.97 Å². The highest BCUT2D eigenvalue weighted by molar-refractivity contribution is 5.94. The molecule has 4 rings (SSSR count). The van der Waals surface area contributed by atoms with E-state index in [1.165, 1.54) is 0 Å². The first-order valence-corrected chi connectivity index (χ1v) is 10.2. The molecule has 2 aromatic carbocycles.